The Morgan fingerprint density at radius 2 is 1.53 bits per heavy atom. The van der Waals surface area contributed by atoms with E-state index >= 15 is 0 Å². The van der Waals surface area contributed by atoms with Crippen molar-refractivity contribution in [2.24, 2.45) is 0 Å². The third kappa shape index (κ3) is 3.36. The van der Waals surface area contributed by atoms with E-state index in [1.807, 2.05) is 0 Å². The van der Waals surface area contributed by atoms with Crippen molar-refractivity contribution in [1.82, 2.24) is 0 Å². The minimum Gasteiger partial charge on any atom is -0.207 e. The fourth-order valence-electron chi connectivity index (χ4n) is 2.61. The molecule has 0 saturated carbocycles. The fourth-order valence-corrected chi connectivity index (χ4v) is 3.14. The lowest BCUT2D eigenvalue weighted by Crippen LogP contribution is -2.02. The van der Waals surface area contributed by atoms with E-state index in [4.69, 9.17) is 11.6 Å². The number of halogens is 2. The van der Waals surface area contributed by atoms with Gasteiger partial charge in [0.05, 0.1) is 5.38 Å². The number of rotatable bonds is 3. The maximum atomic E-state index is 12.9. The second kappa shape index (κ2) is 5.75. The van der Waals surface area contributed by atoms with Crippen LogP contribution in [0, 0.1) is 26.6 Å². The van der Waals surface area contributed by atoms with E-state index in [-0.39, 0.29) is 11.2 Å². The van der Waals surface area contributed by atoms with Crippen molar-refractivity contribution in [2.75, 3.05) is 0 Å². The first-order valence-corrected chi connectivity index (χ1v) is 6.87. The fraction of sp³-hybridized carbons (Fsp3) is 0.294. The van der Waals surface area contributed by atoms with Gasteiger partial charge in [-0.2, -0.15) is 0 Å². The second-order valence-corrected chi connectivity index (χ2v) is 5.64. The molecule has 0 N–H and O–H groups in total. The van der Waals surface area contributed by atoms with Gasteiger partial charge in [-0.1, -0.05) is 29.8 Å². The first-order valence-electron chi connectivity index (χ1n) is 6.43. The van der Waals surface area contributed by atoms with Crippen LogP contribution in [-0.2, 0) is 6.42 Å². The number of aryl methyl sites for hydroxylation is 3. The second-order valence-electron chi connectivity index (χ2n) is 5.11. The summed E-state index contributed by atoms with van der Waals surface area (Å²) in [5, 5.41) is -0.0777. The lowest BCUT2D eigenvalue weighted by atomic mass is 9.94. The van der Waals surface area contributed by atoms with Crippen molar-refractivity contribution < 1.29 is 4.39 Å². The van der Waals surface area contributed by atoms with Crippen LogP contribution in [0.25, 0.3) is 0 Å². The number of hydrogen-bond acceptors (Lipinski definition) is 0. The summed E-state index contributed by atoms with van der Waals surface area (Å²) in [6, 6.07) is 10.9. The van der Waals surface area contributed by atoms with Crippen molar-refractivity contribution in [3.8, 4) is 0 Å². The molecule has 0 aliphatic rings. The van der Waals surface area contributed by atoms with Gasteiger partial charge in [-0.15, -0.1) is 11.6 Å². The molecule has 0 nitrogen and oxygen atoms in total. The van der Waals surface area contributed by atoms with Crippen LogP contribution in [0.1, 0.15) is 33.2 Å². The van der Waals surface area contributed by atoms with E-state index in [0.717, 1.165) is 5.56 Å². The molecule has 0 aliphatic heterocycles. The van der Waals surface area contributed by atoms with Gasteiger partial charge in [-0.3, -0.25) is 0 Å². The van der Waals surface area contributed by atoms with Crippen LogP contribution in [0.5, 0.6) is 0 Å². The van der Waals surface area contributed by atoms with E-state index < -0.39 is 0 Å². The minimum atomic E-state index is -0.211. The first kappa shape index (κ1) is 14.1. The van der Waals surface area contributed by atoms with Crippen LogP contribution >= 0.6 is 11.6 Å². The normalized spacial score (nSPS) is 12.5. The molecular formula is C17H18ClF. The Hall–Kier alpha value is -1.34. The summed E-state index contributed by atoms with van der Waals surface area (Å²) in [5.41, 5.74) is 5.95. The quantitative estimate of drug-likeness (QED) is 0.670. The Kier molecular flexibility index (Phi) is 4.26. The molecule has 2 rings (SSSR count). The van der Waals surface area contributed by atoms with Gasteiger partial charge in [0, 0.05) is 0 Å². The molecule has 0 radical (unpaired) electrons. The highest BCUT2D eigenvalue weighted by Gasteiger charge is 2.14. The van der Waals surface area contributed by atoms with Crippen molar-refractivity contribution in [3.05, 3.63) is 70.0 Å². The molecule has 2 heteroatoms. The zero-order chi connectivity index (χ0) is 14.0. The van der Waals surface area contributed by atoms with Gasteiger partial charge in [0.2, 0.25) is 0 Å². The predicted octanol–water partition coefficient (Wildman–Crippen LogP) is 5.27. The van der Waals surface area contributed by atoms with Crippen LogP contribution in [-0.4, -0.2) is 0 Å². The maximum Gasteiger partial charge on any atom is 0.123 e. The van der Waals surface area contributed by atoms with E-state index in [0.29, 0.717) is 6.42 Å². The molecule has 0 bridgehead atoms. The molecule has 0 aromatic heterocycles. The summed E-state index contributed by atoms with van der Waals surface area (Å²) >= 11 is 6.55. The zero-order valence-electron chi connectivity index (χ0n) is 11.5. The van der Waals surface area contributed by atoms with Crippen LogP contribution in [0.3, 0.4) is 0 Å². The van der Waals surface area contributed by atoms with Crippen molar-refractivity contribution in [2.45, 2.75) is 32.6 Å². The summed E-state index contributed by atoms with van der Waals surface area (Å²) in [6.45, 7) is 6.28. The molecule has 2 aromatic carbocycles. The number of hydrogen-bond donors (Lipinski definition) is 0. The molecule has 1 unspecified atom stereocenters. The van der Waals surface area contributed by atoms with Crippen molar-refractivity contribution >= 4 is 11.6 Å². The van der Waals surface area contributed by atoms with E-state index in [1.54, 1.807) is 12.1 Å². The molecule has 19 heavy (non-hydrogen) atoms. The molecule has 2 aromatic rings. The van der Waals surface area contributed by atoms with E-state index in [1.165, 1.54) is 34.4 Å². The SMILES string of the molecule is Cc1cc(C)c(C(Cl)Cc2ccc(F)cc2)c(C)c1. The molecule has 0 saturated heterocycles. The van der Waals surface area contributed by atoms with Gasteiger partial charge in [0.1, 0.15) is 5.82 Å². The standard InChI is InChI=1S/C17H18ClF/c1-11-8-12(2)17(13(3)9-11)16(18)10-14-4-6-15(19)7-5-14/h4-9,16H,10H2,1-3H3. The van der Waals surface area contributed by atoms with Crippen LogP contribution in [0.4, 0.5) is 4.39 Å². The highest BCUT2D eigenvalue weighted by molar-refractivity contribution is 6.21. The number of alkyl halides is 1. The Morgan fingerprint density at radius 3 is 2.05 bits per heavy atom. The van der Waals surface area contributed by atoms with Gasteiger partial charge >= 0.3 is 0 Å². The lowest BCUT2D eigenvalue weighted by molar-refractivity contribution is 0.627. The average Bonchev–Trinajstić information content (AvgIpc) is 2.30. The van der Waals surface area contributed by atoms with Gasteiger partial charge in [0.15, 0.2) is 0 Å². The minimum absolute atomic E-state index is 0.0777. The molecule has 100 valence electrons. The largest absolute Gasteiger partial charge is 0.207 e. The summed E-state index contributed by atoms with van der Waals surface area (Å²) in [4.78, 5) is 0. The monoisotopic (exact) mass is 276 g/mol. The maximum absolute atomic E-state index is 12.9. The van der Waals surface area contributed by atoms with Crippen molar-refractivity contribution in [1.29, 1.82) is 0 Å². The topological polar surface area (TPSA) is 0 Å². The first-order chi connectivity index (χ1) is 8.97. The Morgan fingerprint density at radius 1 is 1.00 bits per heavy atom. The van der Waals surface area contributed by atoms with Gasteiger partial charge in [0.25, 0.3) is 0 Å². The van der Waals surface area contributed by atoms with Crippen LogP contribution in [0.2, 0.25) is 0 Å². The van der Waals surface area contributed by atoms with Crippen LogP contribution in [0.15, 0.2) is 36.4 Å². The molecule has 0 amide bonds. The van der Waals surface area contributed by atoms with E-state index in [9.17, 15) is 4.39 Å². The van der Waals surface area contributed by atoms with Gasteiger partial charge in [-0.05, 0) is 61.6 Å². The smallest absolute Gasteiger partial charge is 0.123 e. The summed E-state index contributed by atoms with van der Waals surface area (Å²) < 4.78 is 12.9. The zero-order valence-corrected chi connectivity index (χ0v) is 12.3. The Balaban J connectivity index is 2.25. The molecule has 0 heterocycles. The third-order valence-electron chi connectivity index (χ3n) is 3.38. The molecule has 0 aliphatic carbocycles. The van der Waals surface area contributed by atoms with Gasteiger partial charge in [-0.25, -0.2) is 4.39 Å². The molecule has 1 atom stereocenters. The third-order valence-corrected chi connectivity index (χ3v) is 3.75. The predicted molar refractivity (Wildman–Crippen MR) is 79.4 cm³/mol. The average molecular weight is 277 g/mol. The lowest BCUT2D eigenvalue weighted by Gasteiger charge is -2.17. The van der Waals surface area contributed by atoms with Crippen molar-refractivity contribution in [3.63, 3.8) is 0 Å². The summed E-state index contributed by atoms with van der Waals surface area (Å²) in [6.07, 6.45) is 0.715. The molecule has 0 spiro atoms. The summed E-state index contributed by atoms with van der Waals surface area (Å²) in [7, 11) is 0. The Labute approximate surface area is 119 Å². The van der Waals surface area contributed by atoms with Crippen LogP contribution < -0.4 is 0 Å². The molecular weight excluding hydrogens is 259 g/mol. The highest BCUT2D eigenvalue weighted by Crippen LogP contribution is 2.31. The highest BCUT2D eigenvalue weighted by atomic mass is 35.5. The van der Waals surface area contributed by atoms with E-state index in [2.05, 4.69) is 32.9 Å². The molecule has 0 fully saturated rings. The summed E-state index contributed by atoms with van der Waals surface area (Å²) in [5.74, 6) is -0.211. The van der Waals surface area contributed by atoms with Gasteiger partial charge < -0.3 is 0 Å². The number of benzene rings is 2. The Bertz CT molecular complexity index is 549.